The Morgan fingerprint density at radius 3 is 2.29 bits per heavy atom. The molecule has 4 aliphatic carbocycles. The fraction of sp³-hybridized carbons (Fsp3) is 0.692. The summed E-state index contributed by atoms with van der Waals surface area (Å²) in [4.78, 5) is 20.6. The van der Waals surface area contributed by atoms with Crippen LogP contribution in [0, 0.1) is 17.8 Å². The number of carbonyl (C=O) groups excluding carboxylic acids is 1. The van der Waals surface area contributed by atoms with Crippen LogP contribution in [0.2, 0.25) is 0 Å². The summed E-state index contributed by atoms with van der Waals surface area (Å²) in [6.07, 6.45) is 8.81. The Bertz CT molecular complexity index is 811. The van der Waals surface area contributed by atoms with Crippen LogP contribution in [0.25, 0.3) is 0 Å². The molecular weight excluding hydrogens is 402 g/mol. The van der Waals surface area contributed by atoms with E-state index < -0.39 is 0 Å². The predicted octanol–water partition coefficient (Wildman–Crippen LogP) is 5.90. The maximum atomic E-state index is 12.8. The van der Waals surface area contributed by atoms with Gasteiger partial charge in [-0.1, -0.05) is 37.7 Å². The molecular formula is C26H37N3OS. The van der Waals surface area contributed by atoms with E-state index in [9.17, 15) is 4.79 Å². The molecule has 0 radical (unpaired) electrons. The lowest BCUT2D eigenvalue weighted by Crippen LogP contribution is -2.50. The molecule has 1 atom stereocenters. The van der Waals surface area contributed by atoms with Crippen LogP contribution in [0.5, 0.6) is 0 Å². The number of nitrogens with one attached hydrogen (secondary N) is 1. The molecule has 1 aliphatic heterocycles. The van der Waals surface area contributed by atoms with Gasteiger partial charge in [0.2, 0.25) is 5.91 Å². The molecule has 5 fully saturated rings. The van der Waals surface area contributed by atoms with Crippen molar-refractivity contribution < 1.29 is 4.79 Å². The SMILES string of the molecule is CCN1C(=NC23CC4CC(CC(C4)C2)C3)SCC1CC(=O)Nc1ccc(C(C)C)cc1. The predicted molar refractivity (Wildman–Crippen MR) is 131 cm³/mol. The van der Waals surface area contributed by atoms with E-state index in [4.69, 9.17) is 4.99 Å². The van der Waals surface area contributed by atoms with E-state index in [0.717, 1.165) is 35.7 Å². The van der Waals surface area contributed by atoms with E-state index in [1.807, 2.05) is 23.9 Å². The molecule has 4 bridgehead atoms. The van der Waals surface area contributed by atoms with E-state index >= 15 is 0 Å². The van der Waals surface area contributed by atoms with Crippen molar-refractivity contribution in [1.82, 2.24) is 4.90 Å². The highest BCUT2D eigenvalue weighted by atomic mass is 32.2. The number of thioether (sulfide) groups is 1. The fourth-order valence-corrected chi connectivity index (χ4v) is 8.28. The second kappa shape index (κ2) is 8.46. The molecule has 1 amide bonds. The molecule has 6 rings (SSSR count). The normalized spacial score (nSPS) is 35.4. The van der Waals surface area contributed by atoms with Gasteiger partial charge in [0.1, 0.15) is 0 Å². The summed E-state index contributed by atoms with van der Waals surface area (Å²) < 4.78 is 0. The van der Waals surface area contributed by atoms with Crippen LogP contribution >= 0.6 is 11.8 Å². The lowest BCUT2D eigenvalue weighted by atomic mass is 9.53. The van der Waals surface area contributed by atoms with Gasteiger partial charge in [-0.15, -0.1) is 0 Å². The molecule has 1 aromatic carbocycles. The van der Waals surface area contributed by atoms with Crippen LogP contribution in [0.15, 0.2) is 29.3 Å². The number of benzene rings is 1. The minimum absolute atomic E-state index is 0.109. The van der Waals surface area contributed by atoms with Crippen molar-refractivity contribution in [3.8, 4) is 0 Å². The summed E-state index contributed by atoms with van der Waals surface area (Å²) in [6, 6.07) is 8.51. The van der Waals surface area contributed by atoms with Gasteiger partial charge in [0.05, 0.1) is 5.54 Å². The number of amidine groups is 1. The first-order chi connectivity index (χ1) is 14.9. The Kier molecular flexibility index (Phi) is 5.83. The molecule has 1 unspecified atom stereocenters. The highest BCUT2D eigenvalue weighted by Gasteiger charge is 2.51. The van der Waals surface area contributed by atoms with Crippen molar-refractivity contribution in [3.05, 3.63) is 29.8 Å². The number of hydrogen-bond acceptors (Lipinski definition) is 3. The Morgan fingerprint density at radius 1 is 1.13 bits per heavy atom. The zero-order valence-electron chi connectivity index (χ0n) is 19.3. The number of carbonyl (C=O) groups is 1. The maximum absolute atomic E-state index is 12.8. The number of anilines is 1. The molecule has 1 aromatic rings. The summed E-state index contributed by atoms with van der Waals surface area (Å²) in [7, 11) is 0. The molecule has 4 saturated carbocycles. The third-order valence-corrected chi connectivity index (χ3v) is 9.19. The minimum atomic E-state index is 0.109. The van der Waals surface area contributed by atoms with E-state index in [1.54, 1.807) is 0 Å². The number of amides is 1. The summed E-state index contributed by atoms with van der Waals surface area (Å²) in [5, 5.41) is 4.32. The van der Waals surface area contributed by atoms with Gasteiger partial charge in [-0.3, -0.25) is 9.79 Å². The van der Waals surface area contributed by atoms with Gasteiger partial charge >= 0.3 is 0 Å². The Hall–Kier alpha value is -1.49. The van der Waals surface area contributed by atoms with E-state index in [1.165, 1.54) is 49.3 Å². The number of aliphatic imine (C=N–C) groups is 1. The summed E-state index contributed by atoms with van der Waals surface area (Å²) >= 11 is 1.88. The molecule has 0 aromatic heterocycles. The second-order valence-corrected chi connectivity index (χ2v) is 11.8. The maximum Gasteiger partial charge on any atom is 0.226 e. The first-order valence-electron chi connectivity index (χ1n) is 12.3. The minimum Gasteiger partial charge on any atom is -0.347 e. The fourth-order valence-electron chi connectivity index (χ4n) is 6.94. The number of rotatable bonds is 6. The molecule has 31 heavy (non-hydrogen) atoms. The highest BCUT2D eigenvalue weighted by Crippen LogP contribution is 2.57. The molecule has 1 heterocycles. The average molecular weight is 440 g/mol. The zero-order chi connectivity index (χ0) is 21.6. The third kappa shape index (κ3) is 4.40. The van der Waals surface area contributed by atoms with Gasteiger partial charge in [0.25, 0.3) is 0 Å². The molecule has 5 aliphatic rings. The monoisotopic (exact) mass is 439 g/mol. The highest BCUT2D eigenvalue weighted by molar-refractivity contribution is 8.14. The largest absolute Gasteiger partial charge is 0.347 e. The van der Waals surface area contributed by atoms with E-state index in [-0.39, 0.29) is 17.5 Å². The standard InChI is InChI=1S/C26H37N3OS/c1-4-29-23(12-24(30)27-22-7-5-21(6-8-22)17(2)3)16-31-25(29)28-26-13-18-9-19(14-26)11-20(10-18)15-26/h5-8,17-20,23H,4,9-16H2,1-3H3,(H,27,30). The Labute approximate surface area is 191 Å². The van der Waals surface area contributed by atoms with Crippen LogP contribution < -0.4 is 5.32 Å². The lowest BCUT2D eigenvalue weighted by Gasteiger charge is -2.55. The van der Waals surface area contributed by atoms with Gasteiger partial charge in [0, 0.05) is 30.4 Å². The van der Waals surface area contributed by atoms with Gasteiger partial charge in [-0.2, -0.15) is 0 Å². The van der Waals surface area contributed by atoms with Crippen molar-refractivity contribution in [2.75, 3.05) is 17.6 Å². The van der Waals surface area contributed by atoms with Gasteiger partial charge < -0.3 is 10.2 Å². The van der Waals surface area contributed by atoms with Gasteiger partial charge in [-0.05, 0) is 86.8 Å². The van der Waals surface area contributed by atoms with Crippen LogP contribution in [0.1, 0.15) is 77.2 Å². The van der Waals surface area contributed by atoms with Gasteiger partial charge in [0.15, 0.2) is 5.17 Å². The smallest absolute Gasteiger partial charge is 0.226 e. The topological polar surface area (TPSA) is 44.7 Å². The third-order valence-electron chi connectivity index (χ3n) is 8.05. The average Bonchev–Trinajstić information content (AvgIpc) is 3.07. The van der Waals surface area contributed by atoms with Crippen LogP contribution in [0.3, 0.4) is 0 Å². The summed E-state index contributed by atoms with van der Waals surface area (Å²) in [5.41, 5.74) is 2.40. The van der Waals surface area contributed by atoms with E-state index in [2.05, 4.69) is 43.1 Å². The van der Waals surface area contributed by atoms with E-state index in [0.29, 0.717) is 12.3 Å². The van der Waals surface area contributed by atoms with Crippen molar-refractivity contribution in [2.45, 2.75) is 83.2 Å². The van der Waals surface area contributed by atoms with Crippen molar-refractivity contribution in [2.24, 2.45) is 22.7 Å². The van der Waals surface area contributed by atoms with Crippen molar-refractivity contribution in [1.29, 1.82) is 0 Å². The van der Waals surface area contributed by atoms with Crippen molar-refractivity contribution in [3.63, 3.8) is 0 Å². The summed E-state index contributed by atoms with van der Waals surface area (Å²) in [6.45, 7) is 7.51. The Balaban J connectivity index is 1.23. The lowest BCUT2D eigenvalue weighted by molar-refractivity contribution is -0.116. The first kappa shape index (κ1) is 21.4. The molecule has 4 nitrogen and oxygen atoms in total. The quantitative estimate of drug-likeness (QED) is 0.600. The van der Waals surface area contributed by atoms with Crippen LogP contribution in [-0.4, -0.2) is 39.9 Å². The Morgan fingerprint density at radius 2 is 1.74 bits per heavy atom. The molecule has 1 N–H and O–H groups in total. The molecule has 0 spiro atoms. The van der Waals surface area contributed by atoms with Crippen molar-refractivity contribution >= 4 is 28.5 Å². The van der Waals surface area contributed by atoms with Crippen LogP contribution in [-0.2, 0) is 4.79 Å². The second-order valence-electron chi connectivity index (χ2n) is 10.8. The van der Waals surface area contributed by atoms with Crippen LogP contribution in [0.4, 0.5) is 5.69 Å². The molecule has 5 heteroatoms. The molecule has 168 valence electrons. The van der Waals surface area contributed by atoms with Gasteiger partial charge in [-0.25, -0.2) is 0 Å². The summed E-state index contributed by atoms with van der Waals surface area (Å²) in [5.74, 6) is 4.34. The first-order valence-corrected chi connectivity index (χ1v) is 13.3. The number of hydrogen-bond donors (Lipinski definition) is 1. The molecule has 1 saturated heterocycles. The number of nitrogens with zero attached hydrogens (tertiary/aromatic N) is 2. The zero-order valence-corrected chi connectivity index (χ0v) is 20.1.